The second-order valence-corrected chi connectivity index (χ2v) is 8.45. The molecule has 0 spiro atoms. The van der Waals surface area contributed by atoms with Crippen molar-refractivity contribution in [3.05, 3.63) is 41.8 Å². The zero-order valence-corrected chi connectivity index (χ0v) is 15.2. The van der Waals surface area contributed by atoms with Crippen molar-refractivity contribution in [1.82, 2.24) is 15.0 Å². The van der Waals surface area contributed by atoms with E-state index in [9.17, 15) is 0 Å². The predicted molar refractivity (Wildman–Crippen MR) is 108 cm³/mol. The van der Waals surface area contributed by atoms with Crippen molar-refractivity contribution in [2.75, 3.05) is 11.1 Å². The number of hydrogen-bond donors (Lipinski definition) is 2. The fourth-order valence-corrected chi connectivity index (χ4v) is 5.58. The van der Waals surface area contributed by atoms with E-state index in [1.165, 1.54) is 19.5 Å². The summed E-state index contributed by atoms with van der Waals surface area (Å²) >= 11 is 5.26. The van der Waals surface area contributed by atoms with Gasteiger partial charge in [0.15, 0.2) is 0 Å². The van der Waals surface area contributed by atoms with Crippen molar-refractivity contribution >= 4 is 57.8 Å². The summed E-state index contributed by atoms with van der Waals surface area (Å²) in [4.78, 5) is 18.9. The van der Waals surface area contributed by atoms with Crippen molar-refractivity contribution in [3.63, 3.8) is 0 Å². The molecule has 4 aromatic heterocycles. The Kier molecular flexibility index (Phi) is 3.40. The summed E-state index contributed by atoms with van der Waals surface area (Å²) in [6, 6.07) is 12.8. The van der Waals surface area contributed by atoms with Crippen molar-refractivity contribution in [2.24, 2.45) is 0 Å². The molecular weight excluding hydrogens is 370 g/mol. The number of hydrogen-bond acceptors (Lipinski definition) is 8. The Bertz CT molecular complexity index is 1090. The van der Waals surface area contributed by atoms with E-state index in [0.29, 0.717) is 5.82 Å². The van der Waals surface area contributed by atoms with Gasteiger partial charge in [0.1, 0.15) is 5.69 Å². The molecule has 1 aliphatic heterocycles. The summed E-state index contributed by atoms with van der Waals surface area (Å²) < 4.78 is 0. The second kappa shape index (κ2) is 5.76. The lowest BCUT2D eigenvalue weighted by molar-refractivity contribution is 1.16. The Hall–Kier alpha value is -2.55. The molecule has 5 nitrogen and oxygen atoms in total. The van der Waals surface area contributed by atoms with E-state index in [1.807, 2.05) is 0 Å². The van der Waals surface area contributed by atoms with Gasteiger partial charge in [-0.2, -0.15) is 4.98 Å². The quantitative estimate of drug-likeness (QED) is 0.541. The van der Waals surface area contributed by atoms with Crippen molar-refractivity contribution < 1.29 is 0 Å². The van der Waals surface area contributed by atoms with E-state index in [4.69, 9.17) is 5.73 Å². The van der Waals surface area contributed by atoms with Crippen molar-refractivity contribution in [3.8, 4) is 30.1 Å². The number of thiophene rings is 3. The monoisotopic (exact) mass is 381 g/mol. The van der Waals surface area contributed by atoms with E-state index < -0.39 is 0 Å². The third-order valence-electron chi connectivity index (χ3n) is 3.76. The fourth-order valence-electron chi connectivity index (χ4n) is 2.65. The lowest BCUT2D eigenvalue weighted by atomic mass is 10.2. The van der Waals surface area contributed by atoms with Gasteiger partial charge in [0.25, 0.3) is 5.95 Å². The number of anilines is 2. The molecule has 0 bridgehead atoms. The normalized spacial score (nSPS) is 12.3. The highest BCUT2D eigenvalue weighted by molar-refractivity contribution is 7.27. The van der Waals surface area contributed by atoms with Crippen molar-refractivity contribution in [1.29, 1.82) is 0 Å². The number of nitrogens with zero attached hydrogens (tertiary/aromatic N) is 3. The molecule has 5 heterocycles. The van der Waals surface area contributed by atoms with Gasteiger partial charge >= 0.3 is 5.82 Å². The van der Waals surface area contributed by atoms with E-state index in [-0.39, 0.29) is 5.95 Å². The van der Waals surface area contributed by atoms with Gasteiger partial charge in [-0.1, -0.05) is 16.0 Å². The molecule has 1 radical (unpaired) electrons. The highest BCUT2D eigenvalue weighted by Crippen LogP contribution is 2.43. The van der Waals surface area contributed by atoms with Crippen LogP contribution in [0.3, 0.4) is 0 Å². The topological polar surface area (TPSA) is 77.9 Å². The van der Waals surface area contributed by atoms with Crippen LogP contribution in [0.25, 0.3) is 30.1 Å². The molecule has 0 unspecified atom stereocenters. The molecule has 0 atom stereocenters. The molecule has 0 amide bonds. The maximum absolute atomic E-state index is 5.83. The summed E-state index contributed by atoms with van der Waals surface area (Å²) in [7, 11) is 0. The van der Waals surface area contributed by atoms with Gasteiger partial charge < -0.3 is 5.73 Å². The number of aromatic nitrogens is 2. The van der Waals surface area contributed by atoms with Gasteiger partial charge in [0, 0.05) is 19.5 Å². The van der Waals surface area contributed by atoms with Crippen LogP contribution in [0.4, 0.5) is 17.5 Å². The Morgan fingerprint density at radius 1 is 0.880 bits per heavy atom. The molecule has 5 rings (SSSR count). The zero-order chi connectivity index (χ0) is 16.8. The number of fused-ring (bicyclic) bond motifs is 1. The molecule has 0 aliphatic carbocycles. The van der Waals surface area contributed by atoms with E-state index in [1.54, 1.807) is 40.3 Å². The first kappa shape index (κ1) is 14.8. The Balaban J connectivity index is 1.53. The highest BCUT2D eigenvalue weighted by atomic mass is 32.1. The summed E-state index contributed by atoms with van der Waals surface area (Å²) in [6.07, 6.45) is 1.61. The van der Waals surface area contributed by atoms with Crippen LogP contribution in [-0.4, -0.2) is 16.3 Å². The van der Waals surface area contributed by atoms with Gasteiger partial charge in [-0.25, -0.2) is 0 Å². The highest BCUT2D eigenvalue weighted by Gasteiger charge is 2.26. The van der Waals surface area contributed by atoms with Crippen LogP contribution in [-0.2, 0) is 0 Å². The third kappa shape index (κ3) is 2.55. The van der Waals surface area contributed by atoms with Gasteiger partial charge in [-0.3, -0.25) is 5.32 Å². The summed E-state index contributed by atoms with van der Waals surface area (Å²) in [5.41, 5.74) is 7.44. The zero-order valence-electron chi connectivity index (χ0n) is 12.8. The van der Waals surface area contributed by atoms with Crippen LogP contribution in [0, 0.1) is 0 Å². The lowest BCUT2D eigenvalue weighted by Gasteiger charge is -1.99. The molecule has 1 aliphatic rings. The van der Waals surface area contributed by atoms with E-state index >= 15 is 0 Å². The van der Waals surface area contributed by atoms with Gasteiger partial charge in [-0.15, -0.1) is 34.0 Å². The SMILES string of the molecule is Nc1nc2c(c(-c3ccc(-c4ccc(-c5cccs5)s4)s3)n1)NC=[N+]2. The fraction of sp³-hybridized carbons (Fsp3) is 0. The first-order valence-electron chi connectivity index (χ1n) is 7.49. The molecular formula is C17H11N5S3+. The second-order valence-electron chi connectivity index (χ2n) is 5.34. The Morgan fingerprint density at radius 2 is 1.60 bits per heavy atom. The molecule has 8 heteroatoms. The Morgan fingerprint density at radius 3 is 2.36 bits per heavy atom. The van der Waals surface area contributed by atoms with Gasteiger partial charge in [-0.05, 0) is 35.7 Å². The minimum absolute atomic E-state index is 0.237. The standard InChI is InChI=1S/C17H11N5S3/c18-17-21-14(15-16(22-17)20-8-19-15)13-6-5-12(25-13)11-4-3-10(24-11)9-2-1-7-23-9/h1-8,19H,(H2,18,21,22)/q+1. The largest absolute Gasteiger partial charge is 0.354 e. The maximum atomic E-state index is 5.83. The smallest absolute Gasteiger partial charge is 0.341 e. The lowest BCUT2D eigenvalue weighted by Crippen LogP contribution is -1.99. The number of nitrogens with one attached hydrogen (secondary N) is 1. The minimum Gasteiger partial charge on any atom is -0.354 e. The Labute approximate surface area is 155 Å². The summed E-state index contributed by atoms with van der Waals surface area (Å²) in [5.74, 6) is 0.828. The molecule has 0 saturated heterocycles. The van der Waals surface area contributed by atoms with Crippen LogP contribution in [0.5, 0.6) is 0 Å². The molecule has 121 valence electrons. The molecule has 25 heavy (non-hydrogen) atoms. The summed E-state index contributed by atoms with van der Waals surface area (Å²) in [5, 5.41) is 5.21. The number of nitrogens with two attached hydrogens (primary N) is 1. The first-order chi connectivity index (χ1) is 12.3. The maximum Gasteiger partial charge on any atom is 0.341 e. The van der Waals surface area contributed by atoms with E-state index in [2.05, 4.69) is 62.1 Å². The molecule has 4 aromatic rings. The minimum atomic E-state index is 0.237. The van der Waals surface area contributed by atoms with Crippen LogP contribution in [0.2, 0.25) is 0 Å². The average Bonchev–Trinajstić information content (AvgIpc) is 3.39. The van der Waals surface area contributed by atoms with Gasteiger partial charge in [0.2, 0.25) is 12.0 Å². The first-order valence-corrected chi connectivity index (χ1v) is 10.00. The number of rotatable bonds is 3. The molecule has 0 fully saturated rings. The third-order valence-corrected chi connectivity index (χ3v) is 7.19. The van der Waals surface area contributed by atoms with Crippen LogP contribution >= 0.6 is 34.0 Å². The molecule has 0 aromatic carbocycles. The van der Waals surface area contributed by atoms with Crippen LogP contribution in [0.1, 0.15) is 0 Å². The average molecular weight is 382 g/mol. The van der Waals surface area contributed by atoms with Crippen molar-refractivity contribution in [2.45, 2.75) is 0 Å². The van der Waals surface area contributed by atoms with Crippen LogP contribution in [0.15, 0.2) is 41.8 Å². The number of nitrogen functional groups attached to an aromatic ring is 1. The molecule has 3 N–H and O–H groups in total. The van der Waals surface area contributed by atoms with E-state index in [0.717, 1.165) is 16.3 Å². The summed E-state index contributed by atoms with van der Waals surface area (Å²) in [6.45, 7) is 0. The number of aliphatic imine (C=N–C) groups is 1. The van der Waals surface area contributed by atoms with Crippen LogP contribution < -0.4 is 16.0 Å². The molecule has 0 saturated carbocycles. The predicted octanol–water partition coefficient (Wildman–Crippen LogP) is 4.67. The van der Waals surface area contributed by atoms with Gasteiger partial charge in [0.05, 0.1) is 4.88 Å².